The van der Waals surface area contributed by atoms with Crippen molar-refractivity contribution in [3.8, 4) is 0 Å². The van der Waals surface area contributed by atoms with Crippen LogP contribution in [0.15, 0.2) is 36.4 Å². The van der Waals surface area contributed by atoms with Crippen LogP contribution >= 0.6 is 0 Å². The van der Waals surface area contributed by atoms with Crippen LogP contribution in [0, 0.1) is 0 Å². The van der Waals surface area contributed by atoms with Crippen molar-refractivity contribution >= 4 is 22.5 Å². The molecule has 3 aromatic rings. The van der Waals surface area contributed by atoms with Crippen molar-refractivity contribution in [3.05, 3.63) is 47.9 Å². The highest BCUT2D eigenvalue weighted by molar-refractivity contribution is 5.89. The van der Waals surface area contributed by atoms with E-state index in [0.29, 0.717) is 17.3 Å². The van der Waals surface area contributed by atoms with Gasteiger partial charge in [0.05, 0.1) is 17.3 Å². The number of likely N-dealkylation sites (N-methyl/N-ethyl adjacent to an activating group) is 1. The van der Waals surface area contributed by atoms with Gasteiger partial charge in [-0.25, -0.2) is 18.7 Å². The summed E-state index contributed by atoms with van der Waals surface area (Å²) >= 11 is 0. The molecule has 0 amide bonds. The Morgan fingerprint density at radius 1 is 1.04 bits per heavy atom. The average molecular weight is 382 g/mol. The Bertz CT molecular complexity index is 999. The minimum atomic E-state index is -2.70. The van der Waals surface area contributed by atoms with Crippen LogP contribution in [0.2, 0.25) is 0 Å². The number of nitrogens with zero attached hydrogens (tertiary/aromatic N) is 6. The van der Waals surface area contributed by atoms with Gasteiger partial charge >= 0.3 is 0 Å². The van der Waals surface area contributed by atoms with E-state index in [4.69, 9.17) is 0 Å². The lowest BCUT2D eigenvalue weighted by Crippen LogP contribution is -2.59. The van der Waals surface area contributed by atoms with Gasteiger partial charge in [-0.15, -0.1) is 5.10 Å². The summed E-state index contributed by atoms with van der Waals surface area (Å²) in [6.07, 6.45) is -0.286. The summed E-state index contributed by atoms with van der Waals surface area (Å²) in [5.74, 6) is 1.56. The molecule has 0 N–H and O–H groups in total. The molecule has 144 valence electrons. The minimum Gasteiger partial charge on any atom is -0.352 e. The third-order valence-electron chi connectivity index (χ3n) is 5.53. The van der Waals surface area contributed by atoms with Crippen LogP contribution < -0.4 is 9.80 Å². The Morgan fingerprint density at radius 3 is 2.50 bits per heavy atom. The summed E-state index contributed by atoms with van der Waals surface area (Å²) in [5, 5.41) is 9.46. The molecule has 1 saturated heterocycles. The van der Waals surface area contributed by atoms with Crippen molar-refractivity contribution in [1.29, 1.82) is 0 Å². The number of halogens is 2. The summed E-state index contributed by atoms with van der Waals surface area (Å²) < 4.78 is 26.5. The molecule has 1 aliphatic carbocycles. The van der Waals surface area contributed by atoms with Gasteiger partial charge in [0.2, 0.25) is 0 Å². The Kier molecular flexibility index (Phi) is 4.07. The van der Waals surface area contributed by atoms with Crippen LogP contribution in [0.5, 0.6) is 0 Å². The van der Waals surface area contributed by atoms with Gasteiger partial charge in [0.1, 0.15) is 5.82 Å². The number of benzene rings is 1. The SMILES string of the molecule is CN(c1nc(C(F)F)nc2ccccc12)C1CN(c2ccc(C3CC3)nn2)C1. The molecule has 5 rings (SSSR count). The maximum atomic E-state index is 13.2. The molecule has 1 aliphatic heterocycles. The molecule has 2 fully saturated rings. The van der Waals surface area contributed by atoms with Gasteiger partial charge in [-0.1, -0.05) is 12.1 Å². The molecule has 0 spiro atoms. The molecule has 28 heavy (non-hydrogen) atoms. The van der Waals surface area contributed by atoms with Crippen molar-refractivity contribution in [1.82, 2.24) is 20.2 Å². The topological polar surface area (TPSA) is 58.0 Å². The molecular weight excluding hydrogens is 362 g/mol. The van der Waals surface area contributed by atoms with E-state index in [9.17, 15) is 8.78 Å². The molecule has 0 bridgehead atoms. The van der Waals surface area contributed by atoms with E-state index >= 15 is 0 Å². The normalized spacial score (nSPS) is 17.2. The predicted molar refractivity (Wildman–Crippen MR) is 103 cm³/mol. The van der Waals surface area contributed by atoms with Gasteiger partial charge in [0.15, 0.2) is 11.6 Å². The molecule has 0 atom stereocenters. The molecular formula is C20H20F2N6. The zero-order valence-electron chi connectivity index (χ0n) is 15.5. The fourth-order valence-electron chi connectivity index (χ4n) is 3.61. The predicted octanol–water partition coefficient (Wildman–Crippen LogP) is 3.56. The molecule has 2 aromatic heterocycles. The number of alkyl halides is 2. The van der Waals surface area contributed by atoms with E-state index in [1.54, 1.807) is 12.1 Å². The van der Waals surface area contributed by atoms with Crippen LogP contribution in [-0.2, 0) is 0 Å². The fourth-order valence-corrected chi connectivity index (χ4v) is 3.61. The lowest BCUT2D eigenvalue weighted by atomic mass is 10.1. The third-order valence-corrected chi connectivity index (χ3v) is 5.53. The van der Waals surface area contributed by atoms with Crippen LogP contribution in [0.3, 0.4) is 0 Å². The first kappa shape index (κ1) is 17.2. The van der Waals surface area contributed by atoms with E-state index in [0.717, 1.165) is 30.0 Å². The Balaban J connectivity index is 1.35. The summed E-state index contributed by atoms with van der Waals surface area (Å²) in [6.45, 7) is 1.49. The number of aromatic nitrogens is 4. The zero-order chi connectivity index (χ0) is 19.3. The van der Waals surface area contributed by atoms with Crippen molar-refractivity contribution in [3.63, 3.8) is 0 Å². The summed E-state index contributed by atoms with van der Waals surface area (Å²) in [5.41, 5.74) is 1.61. The standard InChI is InChI=1S/C20H20F2N6/c1-27(20-14-4-2-3-5-16(14)23-19(24-20)18(21)22)13-10-28(11-13)17-9-8-15(25-26-17)12-6-7-12/h2-5,8-9,12-13,18H,6-7,10-11H2,1H3. The van der Waals surface area contributed by atoms with Crippen molar-refractivity contribution < 1.29 is 8.78 Å². The second-order valence-corrected chi connectivity index (χ2v) is 7.48. The smallest absolute Gasteiger partial charge is 0.297 e. The highest BCUT2D eigenvalue weighted by atomic mass is 19.3. The molecule has 0 radical (unpaired) electrons. The fraction of sp³-hybridized carbons (Fsp3) is 0.400. The quantitative estimate of drug-likeness (QED) is 0.673. The van der Waals surface area contributed by atoms with Crippen molar-refractivity contribution in [2.45, 2.75) is 31.2 Å². The number of anilines is 2. The Hall–Kier alpha value is -2.90. The van der Waals surface area contributed by atoms with E-state index in [1.165, 1.54) is 12.8 Å². The first-order valence-electron chi connectivity index (χ1n) is 9.46. The molecule has 6 nitrogen and oxygen atoms in total. The van der Waals surface area contributed by atoms with Gasteiger partial charge in [-0.2, -0.15) is 5.10 Å². The number of para-hydroxylation sites is 1. The Labute approximate surface area is 161 Å². The largest absolute Gasteiger partial charge is 0.352 e. The number of hydrogen-bond donors (Lipinski definition) is 0. The van der Waals surface area contributed by atoms with Gasteiger partial charge < -0.3 is 9.80 Å². The molecule has 8 heteroatoms. The maximum absolute atomic E-state index is 13.2. The Morgan fingerprint density at radius 2 is 1.82 bits per heavy atom. The molecule has 0 unspecified atom stereocenters. The third kappa shape index (κ3) is 3.02. The van der Waals surface area contributed by atoms with Gasteiger partial charge in [-0.05, 0) is 37.1 Å². The number of hydrogen-bond acceptors (Lipinski definition) is 6. The molecule has 2 aliphatic rings. The highest BCUT2D eigenvalue weighted by Gasteiger charge is 2.33. The summed E-state index contributed by atoms with van der Waals surface area (Å²) in [7, 11) is 1.90. The van der Waals surface area contributed by atoms with Crippen molar-refractivity contribution in [2.75, 3.05) is 29.9 Å². The lowest BCUT2D eigenvalue weighted by molar-refractivity contribution is 0.141. The van der Waals surface area contributed by atoms with E-state index < -0.39 is 12.2 Å². The molecule has 3 heterocycles. The lowest BCUT2D eigenvalue weighted by Gasteiger charge is -2.45. The van der Waals surface area contributed by atoms with E-state index in [2.05, 4.69) is 31.1 Å². The van der Waals surface area contributed by atoms with E-state index in [1.807, 2.05) is 30.1 Å². The highest BCUT2D eigenvalue weighted by Crippen LogP contribution is 2.39. The number of rotatable bonds is 5. The molecule has 1 saturated carbocycles. The van der Waals surface area contributed by atoms with Crippen LogP contribution in [-0.4, -0.2) is 46.3 Å². The minimum absolute atomic E-state index is 0.161. The zero-order valence-corrected chi connectivity index (χ0v) is 15.5. The number of fused-ring (bicyclic) bond motifs is 1. The first-order chi connectivity index (χ1) is 13.6. The van der Waals surface area contributed by atoms with Crippen LogP contribution in [0.4, 0.5) is 20.4 Å². The van der Waals surface area contributed by atoms with E-state index in [-0.39, 0.29) is 6.04 Å². The average Bonchev–Trinajstić information content (AvgIpc) is 3.51. The van der Waals surface area contributed by atoms with Crippen molar-refractivity contribution in [2.24, 2.45) is 0 Å². The summed E-state index contributed by atoms with van der Waals surface area (Å²) in [6, 6.07) is 11.5. The second-order valence-electron chi connectivity index (χ2n) is 7.48. The van der Waals surface area contributed by atoms with Gasteiger partial charge in [-0.3, -0.25) is 0 Å². The van der Waals surface area contributed by atoms with Gasteiger partial charge in [0, 0.05) is 31.4 Å². The molecule has 1 aromatic carbocycles. The van der Waals surface area contributed by atoms with Crippen LogP contribution in [0.25, 0.3) is 10.9 Å². The second kappa shape index (κ2) is 6.61. The first-order valence-corrected chi connectivity index (χ1v) is 9.46. The summed E-state index contributed by atoms with van der Waals surface area (Å²) in [4.78, 5) is 12.3. The maximum Gasteiger partial charge on any atom is 0.297 e. The van der Waals surface area contributed by atoms with Gasteiger partial charge in [0.25, 0.3) is 6.43 Å². The monoisotopic (exact) mass is 382 g/mol. The van der Waals surface area contributed by atoms with Crippen LogP contribution in [0.1, 0.15) is 36.7 Å².